The van der Waals surface area contributed by atoms with Gasteiger partial charge in [0.25, 0.3) is 5.91 Å². The van der Waals surface area contributed by atoms with Gasteiger partial charge >= 0.3 is 5.24 Å². The van der Waals surface area contributed by atoms with E-state index in [1.54, 1.807) is 38.6 Å². The summed E-state index contributed by atoms with van der Waals surface area (Å²) in [4.78, 5) is 27.6. The fourth-order valence-electron chi connectivity index (χ4n) is 3.27. The minimum absolute atomic E-state index is 0.130. The molecule has 2 amide bonds. The summed E-state index contributed by atoms with van der Waals surface area (Å²) in [6, 6.07) is 16.4. The minimum Gasteiger partial charge on any atom is -0.493 e. The lowest BCUT2D eigenvalue weighted by Gasteiger charge is -2.23. The number of methoxy groups -OCH3 is 2. The summed E-state index contributed by atoms with van der Waals surface area (Å²) in [5.41, 5.74) is 3.59. The molecule has 8 nitrogen and oxygen atoms in total. The number of amides is 2. The molecule has 4 rings (SSSR count). The Hall–Kier alpha value is -3.72. The van der Waals surface area contributed by atoms with Crippen molar-refractivity contribution in [2.24, 2.45) is 5.10 Å². The number of H-pyrrole nitrogens is 1. The monoisotopic (exact) mass is 450 g/mol. The molecule has 2 N–H and O–H groups in total. The van der Waals surface area contributed by atoms with Crippen molar-refractivity contribution < 1.29 is 19.1 Å². The van der Waals surface area contributed by atoms with Gasteiger partial charge in [-0.25, -0.2) is 5.01 Å². The van der Waals surface area contributed by atoms with Gasteiger partial charge in [-0.05, 0) is 48.0 Å². The van der Waals surface area contributed by atoms with Gasteiger partial charge in [0.05, 0.1) is 26.5 Å². The molecule has 9 heteroatoms. The fourth-order valence-corrected chi connectivity index (χ4v) is 4.01. The number of benzene rings is 2. The van der Waals surface area contributed by atoms with Crippen LogP contribution in [0.2, 0.25) is 0 Å². The van der Waals surface area contributed by atoms with Gasteiger partial charge in [-0.15, -0.1) is 0 Å². The van der Waals surface area contributed by atoms with E-state index in [9.17, 15) is 9.59 Å². The molecule has 2 heterocycles. The van der Waals surface area contributed by atoms with Crippen molar-refractivity contribution in [1.29, 1.82) is 0 Å². The average molecular weight is 451 g/mol. The van der Waals surface area contributed by atoms with Crippen molar-refractivity contribution in [3.05, 3.63) is 77.6 Å². The number of carbonyl (C=O) groups excluding carboxylic acids is 2. The number of hydrazone groups is 1. The highest BCUT2D eigenvalue weighted by Gasteiger charge is 2.23. The quantitative estimate of drug-likeness (QED) is 0.558. The van der Waals surface area contributed by atoms with Crippen LogP contribution in [0.4, 0.5) is 10.5 Å². The SMILES string of the molecule is COc1ccc(C2=NN(Cc3cccc(NC(=O)c4ccc[nH]4)c3)C(=O)SC2)cc1OC. The van der Waals surface area contributed by atoms with Crippen molar-refractivity contribution >= 4 is 34.3 Å². The number of ether oxygens (including phenoxy) is 2. The number of nitrogens with one attached hydrogen (secondary N) is 2. The van der Waals surface area contributed by atoms with Crippen LogP contribution in [-0.2, 0) is 6.54 Å². The van der Waals surface area contributed by atoms with Crippen LogP contribution >= 0.6 is 11.8 Å². The average Bonchev–Trinajstić information content (AvgIpc) is 3.35. The molecule has 3 aromatic rings. The van der Waals surface area contributed by atoms with Crippen LogP contribution in [0.1, 0.15) is 21.6 Å². The van der Waals surface area contributed by atoms with E-state index in [1.807, 2.05) is 36.4 Å². The van der Waals surface area contributed by atoms with E-state index in [0.717, 1.165) is 16.8 Å². The Kier molecular flexibility index (Phi) is 6.46. The Morgan fingerprint density at radius 2 is 1.97 bits per heavy atom. The number of rotatable bonds is 7. The van der Waals surface area contributed by atoms with Gasteiger partial charge in [-0.2, -0.15) is 5.10 Å². The van der Waals surface area contributed by atoms with Gasteiger partial charge in [0.2, 0.25) is 0 Å². The van der Waals surface area contributed by atoms with E-state index in [-0.39, 0.29) is 17.7 Å². The van der Waals surface area contributed by atoms with Crippen molar-refractivity contribution in [3.8, 4) is 11.5 Å². The number of hydrogen-bond acceptors (Lipinski definition) is 6. The number of aromatic amines is 1. The number of nitrogens with zero attached hydrogens (tertiary/aromatic N) is 2. The Labute approximate surface area is 189 Å². The molecule has 32 heavy (non-hydrogen) atoms. The van der Waals surface area contributed by atoms with Crippen LogP contribution in [0.15, 0.2) is 65.9 Å². The summed E-state index contributed by atoms with van der Waals surface area (Å²) in [6.45, 7) is 0.287. The zero-order valence-electron chi connectivity index (χ0n) is 17.6. The lowest BCUT2D eigenvalue weighted by atomic mass is 10.1. The summed E-state index contributed by atoms with van der Waals surface area (Å²) in [6.07, 6.45) is 1.69. The lowest BCUT2D eigenvalue weighted by Crippen LogP contribution is -2.29. The molecular weight excluding hydrogens is 428 g/mol. The molecular formula is C23H22N4O4S. The smallest absolute Gasteiger partial charge is 0.302 e. The molecule has 0 saturated carbocycles. The lowest BCUT2D eigenvalue weighted by molar-refractivity contribution is 0.102. The first kappa shape index (κ1) is 21.5. The molecule has 0 fully saturated rings. The highest BCUT2D eigenvalue weighted by Crippen LogP contribution is 2.30. The van der Waals surface area contributed by atoms with Crippen LogP contribution in [0.5, 0.6) is 11.5 Å². The van der Waals surface area contributed by atoms with Crippen molar-refractivity contribution in [2.75, 3.05) is 25.3 Å². The molecule has 2 aromatic carbocycles. The summed E-state index contributed by atoms with van der Waals surface area (Å²) < 4.78 is 10.7. The Bertz CT molecular complexity index is 1160. The number of hydrogen-bond donors (Lipinski definition) is 2. The van der Waals surface area contributed by atoms with Gasteiger partial charge in [0, 0.05) is 23.2 Å². The Morgan fingerprint density at radius 3 is 2.72 bits per heavy atom. The predicted octanol–water partition coefficient (Wildman–Crippen LogP) is 4.36. The second kappa shape index (κ2) is 9.61. The molecule has 0 bridgehead atoms. The Balaban J connectivity index is 1.52. The molecule has 0 unspecified atom stereocenters. The van der Waals surface area contributed by atoms with Crippen LogP contribution in [0.25, 0.3) is 0 Å². The first-order valence-electron chi connectivity index (χ1n) is 9.85. The van der Waals surface area contributed by atoms with Gasteiger partial charge in [-0.1, -0.05) is 23.9 Å². The highest BCUT2D eigenvalue weighted by atomic mass is 32.2. The number of carbonyl (C=O) groups is 2. The molecule has 0 radical (unpaired) electrons. The van der Waals surface area contributed by atoms with E-state index in [4.69, 9.17) is 9.47 Å². The number of anilines is 1. The zero-order chi connectivity index (χ0) is 22.5. The van der Waals surface area contributed by atoms with Crippen molar-refractivity contribution in [1.82, 2.24) is 9.99 Å². The third kappa shape index (κ3) is 4.78. The fraction of sp³-hybridized carbons (Fsp3) is 0.174. The maximum absolute atomic E-state index is 12.5. The zero-order valence-corrected chi connectivity index (χ0v) is 18.4. The second-order valence-electron chi connectivity index (χ2n) is 6.97. The maximum Gasteiger partial charge on any atom is 0.302 e. The van der Waals surface area contributed by atoms with Gasteiger partial charge < -0.3 is 19.8 Å². The second-order valence-corrected chi connectivity index (χ2v) is 7.89. The predicted molar refractivity (Wildman–Crippen MR) is 125 cm³/mol. The Morgan fingerprint density at radius 1 is 1.12 bits per heavy atom. The molecule has 0 spiro atoms. The highest BCUT2D eigenvalue weighted by molar-refractivity contribution is 8.14. The summed E-state index contributed by atoms with van der Waals surface area (Å²) in [5, 5.41) is 8.74. The van der Waals surface area contributed by atoms with Crippen molar-refractivity contribution in [2.45, 2.75) is 6.54 Å². The molecule has 1 aliphatic heterocycles. The summed E-state index contributed by atoms with van der Waals surface area (Å²) in [7, 11) is 3.16. The summed E-state index contributed by atoms with van der Waals surface area (Å²) in [5.74, 6) is 1.47. The van der Waals surface area contributed by atoms with E-state index in [2.05, 4.69) is 15.4 Å². The molecule has 0 atom stereocenters. The molecule has 0 aliphatic carbocycles. The minimum atomic E-state index is -0.231. The van der Waals surface area contributed by atoms with Crippen LogP contribution in [-0.4, -0.2) is 46.8 Å². The van der Waals surface area contributed by atoms with Crippen LogP contribution < -0.4 is 14.8 Å². The molecule has 0 saturated heterocycles. The topological polar surface area (TPSA) is 96.0 Å². The summed E-state index contributed by atoms with van der Waals surface area (Å²) >= 11 is 1.20. The van der Waals surface area contributed by atoms with Crippen molar-refractivity contribution in [3.63, 3.8) is 0 Å². The largest absolute Gasteiger partial charge is 0.493 e. The van der Waals surface area contributed by atoms with Gasteiger partial charge in [-0.3, -0.25) is 9.59 Å². The molecule has 1 aromatic heterocycles. The van der Waals surface area contributed by atoms with E-state index in [1.165, 1.54) is 16.8 Å². The number of thioether (sulfide) groups is 1. The van der Waals surface area contributed by atoms with Crippen LogP contribution in [0, 0.1) is 0 Å². The van der Waals surface area contributed by atoms with E-state index < -0.39 is 0 Å². The van der Waals surface area contributed by atoms with Gasteiger partial charge in [0.1, 0.15) is 5.69 Å². The molecule has 164 valence electrons. The normalized spacial score (nSPS) is 13.5. The van der Waals surface area contributed by atoms with E-state index >= 15 is 0 Å². The van der Waals surface area contributed by atoms with Gasteiger partial charge in [0.15, 0.2) is 11.5 Å². The number of aromatic nitrogens is 1. The third-order valence-corrected chi connectivity index (χ3v) is 5.74. The molecule has 1 aliphatic rings. The standard InChI is InChI=1S/C23H22N4O4S/c1-30-20-9-8-16(12-21(20)31-2)19-14-32-23(29)27(26-19)13-15-5-3-6-17(11-15)25-22(28)18-7-4-10-24-18/h3-12,24H,13-14H2,1-2H3,(H,25,28). The van der Waals surface area contributed by atoms with Crippen LogP contribution in [0.3, 0.4) is 0 Å². The third-order valence-electron chi connectivity index (χ3n) is 4.86. The first-order chi connectivity index (χ1) is 15.6. The maximum atomic E-state index is 12.5. The first-order valence-corrected chi connectivity index (χ1v) is 10.8. The van der Waals surface area contributed by atoms with E-state index in [0.29, 0.717) is 28.6 Å².